The molecule has 5 nitrogen and oxygen atoms in total. The lowest BCUT2D eigenvalue weighted by Crippen LogP contribution is -2.51. The average Bonchev–Trinajstić information content (AvgIpc) is 2.27. The van der Waals surface area contributed by atoms with Crippen molar-refractivity contribution in [1.29, 1.82) is 0 Å². The number of nitrogens with one attached hydrogen (secondary N) is 1. The van der Waals surface area contributed by atoms with E-state index in [0.29, 0.717) is 17.1 Å². The standard InChI is InChI=1S/C11H13ClN2O3S/c1-18(16,17)14-6-5-13-11(15)10(14)8-3-2-4-9(12)7-8/h2-4,7,10H,5-6H2,1H3,(H,13,15). The van der Waals surface area contributed by atoms with Gasteiger partial charge >= 0.3 is 0 Å². The van der Waals surface area contributed by atoms with E-state index in [0.717, 1.165) is 6.26 Å². The number of nitrogens with zero attached hydrogens (tertiary/aromatic N) is 1. The molecule has 1 aromatic carbocycles. The van der Waals surface area contributed by atoms with E-state index in [1.807, 2.05) is 0 Å². The number of carbonyl (C=O) groups excluding carboxylic acids is 1. The number of hydrogen-bond donors (Lipinski definition) is 1. The minimum Gasteiger partial charge on any atom is -0.353 e. The van der Waals surface area contributed by atoms with Crippen LogP contribution < -0.4 is 5.32 Å². The van der Waals surface area contributed by atoms with Crippen molar-refractivity contribution < 1.29 is 13.2 Å². The number of piperazine rings is 1. The van der Waals surface area contributed by atoms with Crippen LogP contribution in [0.4, 0.5) is 0 Å². The van der Waals surface area contributed by atoms with E-state index < -0.39 is 16.1 Å². The molecule has 0 aliphatic carbocycles. The van der Waals surface area contributed by atoms with Gasteiger partial charge in [-0.05, 0) is 17.7 Å². The van der Waals surface area contributed by atoms with Crippen LogP contribution in [0.5, 0.6) is 0 Å². The number of halogens is 1. The van der Waals surface area contributed by atoms with Crippen molar-refractivity contribution in [2.75, 3.05) is 19.3 Å². The molecule has 18 heavy (non-hydrogen) atoms. The van der Waals surface area contributed by atoms with Gasteiger partial charge in [0.25, 0.3) is 0 Å². The van der Waals surface area contributed by atoms with Crippen molar-refractivity contribution in [2.24, 2.45) is 0 Å². The number of sulfonamides is 1. The Bertz CT molecular complexity index is 573. The molecule has 1 aliphatic heterocycles. The highest BCUT2D eigenvalue weighted by Crippen LogP contribution is 2.27. The Balaban J connectivity index is 2.46. The van der Waals surface area contributed by atoms with Crippen LogP contribution in [-0.4, -0.2) is 38.0 Å². The van der Waals surface area contributed by atoms with Crippen molar-refractivity contribution in [3.05, 3.63) is 34.9 Å². The van der Waals surface area contributed by atoms with Crippen LogP contribution in [0.15, 0.2) is 24.3 Å². The SMILES string of the molecule is CS(=O)(=O)N1CCNC(=O)C1c1cccc(Cl)c1. The highest BCUT2D eigenvalue weighted by Gasteiger charge is 2.36. The van der Waals surface area contributed by atoms with Gasteiger partial charge in [-0.2, -0.15) is 4.31 Å². The lowest BCUT2D eigenvalue weighted by atomic mass is 10.0. The summed E-state index contributed by atoms with van der Waals surface area (Å²) >= 11 is 5.87. The second-order valence-electron chi connectivity index (χ2n) is 4.12. The Morgan fingerprint density at radius 3 is 2.78 bits per heavy atom. The lowest BCUT2D eigenvalue weighted by molar-refractivity contribution is -0.126. The minimum atomic E-state index is -3.44. The molecule has 1 heterocycles. The number of benzene rings is 1. The Kier molecular flexibility index (Phi) is 3.61. The Hall–Kier alpha value is -1.11. The molecule has 2 rings (SSSR count). The van der Waals surface area contributed by atoms with Gasteiger partial charge in [-0.25, -0.2) is 8.42 Å². The molecule has 1 N–H and O–H groups in total. The number of amides is 1. The first-order valence-corrected chi connectivity index (χ1v) is 7.62. The fourth-order valence-corrected chi connectivity index (χ4v) is 3.22. The van der Waals surface area contributed by atoms with Crippen molar-refractivity contribution in [3.8, 4) is 0 Å². The first kappa shape index (κ1) is 13.3. The summed E-state index contributed by atoms with van der Waals surface area (Å²) < 4.78 is 24.6. The topological polar surface area (TPSA) is 66.5 Å². The molecular weight excluding hydrogens is 276 g/mol. The Morgan fingerprint density at radius 2 is 2.17 bits per heavy atom. The Labute approximate surface area is 111 Å². The normalized spacial score (nSPS) is 21.7. The van der Waals surface area contributed by atoms with Gasteiger partial charge in [-0.15, -0.1) is 0 Å². The van der Waals surface area contributed by atoms with E-state index in [1.165, 1.54) is 4.31 Å². The van der Waals surface area contributed by atoms with E-state index in [4.69, 9.17) is 11.6 Å². The summed E-state index contributed by atoms with van der Waals surface area (Å²) in [5, 5.41) is 3.14. The number of hydrogen-bond acceptors (Lipinski definition) is 3. The summed E-state index contributed by atoms with van der Waals surface area (Å²) in [5.41, 5.74) is 0.574. The fraction of sp³-hybridized carbons (Fsp3) is 0.364. The van der Waals surface area contributed by atoms with Gasteiger partial charge in [-0.1, -0.05) is 23.7 Å². The molecule has 0 saturated carbocycles. The third-order valence-electron chi connectivity index (χ3n) is 2.76. The van der Waals surface area contributed by atoms with Gasteiger partial charge in [-0.3, -0.25) is 4.79 Å². The summed E-state index contributed by atoms with van der Waals surface area (Å²) in [4.78, 5) is 11.9. The van der Waals surface area contributed by atoms with Crippen LogP contribution >= 0.6 is 11.6 Å². The van der Waals surface area contributed by atoms with Crippen LogP contribution in [0.1, 0.15) is 11.6 Å². The van der Waals surface area contributed by atoms with Gasteiger partial charge < -0.3 is 5.32 Å². The zero-order chi connectivity index (χ0) is 13.3. The molecule has 1 atom stereocenters. The van der Waals surface area contributed by atoms with Crippen molar-refractivity contribution in [1.82, 2.24) is 9.62 Å². The van der Waals surface area contributed by atoms with E-state index in [1.54, 1.807) is 24.3 Å². The summed E-state index contributed by atoms with van der Waals surface area (Å²) in [6, 6.07) is 5.83. The maximum absolute atomic E-state index is 11.9. The molecule has 0 radical (unpaired) electrons. The third kappa shape index (κ3) is 2.66. The van der Waals surface area contributed by atoms with Gasteiger partial charge in [0, 0.05) is 18.1 Å². The van der Waals surface area contributed by atoms with Crippen molar-refractivity contribution >= 4 is 27.5 Å². The highest BCUT2D eigenvalue weighted by atomic mass is 35.5. The maximum atomic E-state index is 11.9. The molecule has 98 valence electrons. The molecule has 0 spiro atoms. The summed E-state index contributed by atoms with van der Waals surface area (Å²) in [5.74, 6) is -0.325. The van der Waals surface area contributed by atoms with Crippen LogP contribution in [0.3, 0.4) is 0 Å². The average molecular weight is 289 g/mol. The molecule has 0 bridgehead atoms. The molecule has 1 aliphatic rings. The smallest absolute Gasteiger partial charge is 0.243 e. The summed E-state index contributed by atoms with van der Waals surface area (Å²) in [7, 11) is -3.44. The molecule has 1 fully saturated rings. The van der Waals surface area contributed by atoms with Crippen molar-refractivity contribution in [3.63, 3.8) is 0 Å². The van der Waals surface area contributed by atoms with E-state index in [-0.39, 0.29) is 12.5 Å². The molecule has 7 heteroatoms. The predicted octanol–water partition coefficient (Wildman–Crippen LogP) is 0.773. The monoisotopic (exact) mass is 288 g/mol. The van der Waals surface area contributed by atoms with E-state index in [9.17, 15) is 13.2 Å². The number of carbonyl (C=O) groups is 1. The molecule has 1 amide bonds. The van der Waals surface area contributed by atoms with Gasteiger partial charge in [0.1, 0.15) is 6.04 Å². The third-order valence-corrected chi connectivity index (χ3v) is 4.24. The fourth-order valence-electron chi connectivity index (χ4n) is 2.00. The van der Waals surface area contributed by atoms with Crippen LogP contribution in [-0.2, 0) is 14.8 Å². The number of rotatable bonds is 2. The van der Waals surface area contributed by atoms with E-state index >= 15 is 0 Å². The van der Waals surface area contributed by atoms with Crippen molar-refractivity contribution in [2.45, 2.75) is 6.04 Å². The first-order valence-electron chi connectivity index (χ1n) is 5.39. The second kappa shape index (κ2) is 4.87. The minimum absolute atomic E-state index is 0.266. The van der Waals surface area contributed by atoms with Gasteiger partial charge in [0.15, 0.2) is 0 Å². The summed E-state index contributed by atoms with van der Waals surface area (Å²) in [6.45, 7) is 0.588. The van der Waals surface area contributed by atoms with E-state index in [2.05, 4.69) is 5.32 Å². The quantitative estimate of drug-likeness (QED) is 0.874. The molecule has 1 unspecified atom stereocenters. The van der Waals surface area contributed by atoms with Gasteiger partial charge in [0.2, 0.25) is 15.9 Å². The largest absolute Gasteiger partial charge is 0.353 e. The van der Waals surface area contributed by atoms with Crippen LogP contribution in [0.25, 0.3) is 0 Å². The van der Waals surface area contributed by atoms with Crippen LogP contribution in [0.2, 0.25) is 5.02 Å². The summed E-state index contributed by atoms with van der Waals surface area (Å²) in [6.07, 6.45) is 1.10. The highest BCUT2D eigenvalue weighted by molar-refractivity contribution is 7.88. The second-order valence-corrected chi connectivity index (χ2v) is 6.49. The predicted molar refractivity (Wildman–Crippen MR) is 68.8 cm³/mol. The molecule has 1 aromatic rings. The molecular formula is C11H13ClN2O3S. The van der Waals surface area contributed by atoms with Crippen LogP contribution in [0, 0.1) is 0 Å². The molecule has 1 saturated heterocycles. The first-order chi connectivity index (χ1) is 8.39. The maximum Gasteiger partial charge on any atom is 0.243 e. The zero-order valence-corrected chi connectivity index (χ0v) is 11.3. The lowest BCUT2D eigenvalue weighted by Gasteiger charge is -2.33. The molecule has 0 aromatic heterocycles. The zero-order valence-electron chi connectivity index (χ0n) is 9.76. The van der Waals surface area contributed by atoms with Gasteiger partial charge in [0.05, 0.1) is 6.26 Å². The Morgan fingerprint density at radius 1 is 1.44 bits per heavy atom.